The first-order chi connectivity index (χ1) is 8.90. The van der Waals surface area contributed by atoms with E-state index in [0.717, 1.165) is 0 Å². The SMILES string of the molecule is Cc1cnc(C(C)NC(=O)NCCC(C)C(=O)O)o1. The predicted molar refractivity (Wildman–Crippen MR) is 67.6 cm³/mol. The lowest BCUT2D eigenvalue weighted by atomic mass is 10.1. The quantitative estimate of drug-likeness (QED) is 0.725. The van der Waals surface area contributed by atoms with Crippen LogP contribution in [0.1, 0.15) is 38.0 Å². The Morgan fingerprint density at radius 2 is 2.16 bits per heavy atom. The van der Waals surface area contributed by atoms with Crippen molar-refractivity contribution in [1.29, 1.82) is 0 Å². The van der Waals surface area contributed by atoms with Crippen molar-refractivity contribution in [2.24, 2.45) is 5.92 Å². The number of hydrogen-bond donors (Lipinski definition) is 3. The van der Waals surface area contributed by atoms with Gasteiger partial charge in [-0.15, -0.1) is 0 Å². The molecule has 0 aliphatic heterocycles. The number of nitrogens with one attached hydrogen (secondary N) is 2. The molecule has 0 fully saturated rings. The van der Waals surface area contributed by atoms with Crippen LogP contribution in [0.3, 0.4) is 0 Å². The first kappa shape index (κ1) is 15.0. The minimum absolute atomic E-state index is 0.302. The van der Waals surface area contributed by atoms with Crippen molar-refractivity contribution < 1.29 is 19.1 Å². The minimum Gasteiger partial charge on any atom is -0.481 e. The maximum absolute atomic E-state index is 11.5. The maximum atomic E-state index is 11.5. The zero-order chi connectivity index (χ0) is 14.4. The summed E-state index contributed by atoms with van der Waals surface area (Å²) in [5, 5.41) is 13.9. The minimum atomic E-state index is -0.870. The van der Waals surface area contributed by atoms with Gasteiger partial charge in [-0.1, -0.05) is 6.92 Å². The zero-order valence-electron chi connectivity index (χ0n) is 11.3. The number of aryl methyl sites for hydroxylation is 1. The summed E-state index contributed by atoms with van der Waals surface area (Å²) in [6.45, 7) is 5.43. The number of amides is 2. The van der Waals surface area contributed by atoms with Gasteiger partial charge in [-0.3, -0.25) is 4.79 Å². The fourth-order valence-electron chi connectivity index (χ4n) is 1.41. The molecule has 2 atom stereocenters. The Bertz CT molecular complexity index is 444. The van der Waals surface area contributed by atoms with Crippen LogP contribution in [-0.4, -0.2) is 28.6 Å². The van der Waals surface area contributed by atoms with E-state index in [2.05, 4.69) is 15.6 Å². The van der Waals surface area contributed by atoms with Crippen LogP contribution in [0.15, 0.2) is 10.6 Å². The molecule has 0 bridgehead atoms. The molecule has 0 spiro atoms. The highest BCUT2D eigenvalue weighted by Crippen LogP contribution is 2.11. The van der Waals surface area contributed by atoms with Gasteiger partial charge < -0.3 is 20.2 Å². The monoisotopic (exact) mass is 269 g/mol. The first-order valence-corrected chi connectivity index (χ1v) is 6.09. The largest absolute Gasteiger partial charge is 0.481 e. The van der Waals surface area contributed by atoms with E-state index in [0.29, 0.717) is 24.6 Å². The molecule has 0 saturated heterocycles. The Labute approximate surface area is 111 Å². The van der Waals surface area contributed by atoms with Crippen LogP contribution in [0.2, 0.25) is 0 Å². The van der Waals surface area contributed by atoms with E-state index >= 15 is 0 Å². The van der Waals surface area contributed by atoms with Crippen molar-refractivity contribution in [3.05, 3.63) is 17.8 Å². The van der Waals surface area contributed by atoms with E-state index in [-0.39, 0.29) is 12.1 Å². The van der Waals surface area contributed by atoms with Gasteiger partial charge in [0, 0.05) is 6.54 Å². The Balaban J connectivity index is 2.29. The summed E-state index contributed by atoms with van der Waals surface area (Å²) in [5.74, 6) is -0.233. The molecule has 0 saturated carbocycles. The molecule has 106 valence electrons. The van der Waals surface area contributed by atoms with Crippen LogP contribution >= 0.6 is 0 Å². The highest BCUT2D eigenvalue weighted by atomic mass is 16.4. The van der Waals surface area contributed by atoms with E-state index in [1.54, 1.807) is 27.0 Å². The summed E-state index contributed by atoms with van der Waals surface area (Å²) in [6.07, 6.45) is 1.97. The maximum Gasteiger partial charge on any atom is 0.315 e. The van der Waals surface area contributed by atoms with Crippen molar-refractivity contribution in [2.75, 3.05) is 6.54 Å². The molecule has 1 aromatic heterocycles. The molecule has 1 heterocycles. The highest BCUT2D eigenvalue weighted by Gasteiger charge is 2.15. The van der Waals surface area contributed by atoms with E-state index in [4.69, 9.17) is 9.52 Å². The molecule has 1 aromatic rings. The van der Waals surface area contributed by atoms with Gasteiger partial charge in [0.15, 0.2) is 0 Å². The summed E-state index contributed by atoms with van der Waals surface area (Å²) < 4.78 is 5.29. The number of hydrogen-bond acceptors (Lipinski definition) is 4. The lowest BCUT2D eigenvalue weighted by Gasteiger charge is -2.12. The molecule has 7 nitrogen and oxygen atoms in total. The van der Waals surface area contributed by atoms with E-state index in [1.807, 2.05) is 0 Å². The Morgan fingerprint density at radius 1 is 1.47 bits per heavy atom. The number of nitrogens with zero attached hydrogens (tertiary/aromatic N) is 1. The molecule has 0 radical (unpaired) electrons. The Kier molecular flexibility index (Phi) is 5.35. The second-order valence-electron chi connectivity index (χ2n) is 4.46. The molecule has 0 aliphatic rings. The lowest BCUT2D eigenvalue weighted by molar-refractivity contribution is -0.141. The standard InChI is InChI=1S/C12H19N3O4/c1-7(11(16)17)4-5-13-12(18)15-9(3)10-14-6-8(2)19-10/h6-7,9H,4-5H2,1-3H3,(H,16,17)(H2,13,15,18). The summed E-state index contributed by atoms with van der Waals surface area (Å²) in [4.78, 5) is 26.2. The number of carbonyl (C=O) groups excluding carboxylic acids is 1. The summed E-state index contributed by atoms with van der Waals surface area (Å²) >= 11 is 0. The second kappa shape index (κ2) is 6.77. The van der Waals surface area contributed by atoms with Crippen LogP contribution in [0, 0.1) is 12.8 Å². The molecule has 2 unspecified atom stereocenters. The van der Waals surface area contributed by atoms with E-state index in [9.17, 15) is 9.59 Å². The lowest BCUT2D eigenvalue weighted by Crippen LogP contribution is -2.38. The average molecular weight is 269 g/mol. The molecule has 0 aromatic carbocycles. The van der Waals surface area contributed by atoms with E-state index in [1.165, 1.54) is 0 Å². The van der Waals surface area contributed by atoms with Crippen LogP contribution in [0.25, 0.3) is 0 Å². The second-order valence-corrected chi connectivity index (χ2v) is 4.46. The fraction of sp³-hybridized carbons (Fsp3) is 0.583. The fourth-order valence-corrected chi connectivity index (χ4v) is 1.41. The summed E-state index contributed by atoms with van der Waals surface area (Å²) in [6, 6.07) is -0.716. The van der Waals surface area contributed by atoms with E-state index < -0.39 is 11.9 Å². The van der Waals surface area contributed by atoms with Crippen molar-refractivity contribution in [1.82, 2.24) is 15.6 Å². The molecule has 7 heteroatoms. The normalized spacial score (nSPS) is 13.6. The molecule has 0 aliphatic carbocycles. The number of carboxylic acids is 1. The van der Waals surface area contributed by atoms with Crippen molar-refractivity contribution in [3.8, 4) is 0 Å². The number of oxazole rings is 1. The third-order valence-corrected chi connectivity index (χ3v) is 2.64. The van der Waals surface area contributed by atoms with Crippen molar-refractivity contribution in [3.63, 3.8) is 0 Å². The number of aliphatic carboxylic acids is 1. The first-order valence-electron chi connectivity index (χ1n) is 6.09. The van der Waals surface area contributed by atoms with Gasteiger partial charge in [-0.2, -0.15) is 0 Å². The van der Waals surface area contributed by atoms with Gasteiger partial charge in [-0.05, 0) is 20.3 Å². The Morgan fingerprint density at radius 3 is 2.68 bits per heavy atom. The third-order valence-electron chi connectivity index (χ3n) is 2.64. The Hall–Kier alpha value is -2.05. The zero-order valence-corrected chi connectivity index (χ0v) is 11.3. The third kappa shape index (κ3) is 4.99. The van der Waals surface area contributed by atoms with Crippen LogP contribution in [0.4, 0.5) is 4.79 Å². The van der Waals surface area contributed by atoms with Crippen LogP contribution in [-0.2, 0) is 4.79 Å². The number of carboxylic acid groups (broad SMARTS) is 1. The summed E-state index contributed by atoms with van der Waals surface area (Å²) in [7, 11) is 0. The number of aromatic nitrogens is 1. The van der Waals surface area contributed by atoms with Crippen LogP contribution < -0.4 is 10.6 Å². The van der Waals surface area contributed by atoms with Gasteiger partial charge >= 0.3 is 12.0 Å². The predicted octanol–water partition coefficient (Wildman–Crippen LogP) is 1.45. The van der Waals surface area contributed by atoms with Crippen molar-refractivity contribution >= 4 is 12.0 Å². The number of carbonyl (C=O) groups is 2. The van der Waals surface area contributed by atoms with Gasteiger partial charge in [0.25, 0.3) is 0 Å². The van der Waals surface area contributed by atoms with Gasteiger partial charge in [0.2, 0.25) is 5.89 Å². The van der Waals surface area contributed by atoms with Gasteiger partial charge in [0.05, 0.1) is 12.1 Å². The topological polar surface area (TPSA) is 104 Å². The molecular formula is C12H19N3O4. The molecule has 19 heavy (non-hydrogen) atoms. The summed E-state index contributed by atoms with van der Waals surface area (Å²) in [5.41, 5.74) is 0. The van der Waals surface area contributed by atoms with Gasteiger partial charge in [-0.25, -0.2) is 9.78 Å². The number of rotatable bonds is 6. The molecular weight excluding hydrogens is 250 g/mol. The van der Waals surface area contributed by atoms with Crippen molar-refractivity contribution in [2.45, 2.75) is 33.2 Å². The molecule has 2 amide bonds. The average Bonchev–Trinajstić information content (AvgIpc) is 2.75. The van der Waals surface area contributed by atoms with Gasteiger partial charge in [0.1, 0.15) is 11.8 Å². The molecule has 3 N–H and O–H groups in total. The van der Waals surface area contributed by atoms with Crippen LogP contribution in [0.5, 0.6) is 0 Å². The highest BCUT2D eigenvalue weighted by molar-refractivity contribution is 5.74. The molecule has 1 rings (SSSR count). The smallest absolute Gasteiger partial charge is 0.315 e. The number of urea groups is 1.